The van der Waals surface area contributed by atoms with Crippen LogP contribution in [-0.4, -0.2) is 18.5 Å². The minimum absolute atomic E-state index is 0.332. The number of carbonyl (C=O) groups excluding carboxylic acids is 1. The molecule has 1 unspecified atom stereocenters. The number of halogens is 3. The summed E-state index contributed by atoms with van der Waals surface area (Å²) in [6.07, 6.45) is -5.24. The Morgan fingerprint density at radius 2 is 2.00 bits per heavy atom. The van der Waals surface area contributed by atoms with E-state index in [2.05, 4.69) is 0 Å². The lowest BCUT2D eigenvalue weighted by Crippen LogP contribution is -2.18. The third-order valence-corrected chi connectivity index (χ3v) is 1.80. The lowest BCUT2D eigenvalue weighted by atomic mass is 9.99. The fourth-order valence-electron chi connectivity index (χ4n) is 0.922. The molecule has 0 aliphatic rings. The van der Waals surface area contributed by atoms with Crippen LogP contribution in [0.1, 0.15) is 26.2 Å². The predicted molar refractivity (Wildman–Crippen MR) is 43.1 cm³/mol. The van der Waals surface area contributed by atoms with Crippen LogP contribution in [0.2, 0.25) is 0 Å². The molecule has 0 radical (unpaired) electrons. The van der Waals surface area contributed by atoms with Gasteiger partial charge in [-0.15, -0.1) is 0 Å². The van der Waals surface area contributed by atoms with Crippen LogP contribution in [0.5, 0.6) is 0 Å². The maximum atomic E-state index is 11.7. The van der Waals surface area contributed by atoms with Crippen LogP contribution in [0.4, 0.5) is 13.2 Å². The van der Waals surface area contributed by atoms with E-state index in [0.717, 1.165) is 0 Å². The molecule has 2 nitrogen and oxygen atoms in total. The second-order valence-electron chi connectivity index (χ2n) is 3.06. The molecule has 0 aromatic heterocycles. The standard InChI is InChI=1S/C8H14F3NO/c1-6(3-5-12)7(13)2-4-8(9,10)11/h6H,2-5,12H2,1H3. The summed E-state index contributed by atoms with van der Waals surface area (Å²) in [6.45, 7) is 1.94. The quantitative estimate of drug-likeness (QED) is 0.731. The number of hydrogen-bond acceptors (Lipinski definition) is 2. The van der Waals surface area contributed by atoms with E-state index >= 15 is 0 Å². The summed E-state index contributed by atoms with van der Waals surface area (Å²) < 4.78 is 35.1. The molecule has 13 heavy (non-hydrogen) atoms. The van der Waals surface area contributed by atoms with Gasteiger partial charge in [0.1, 0.15) is 5.78 Å². The summed E-state index contributed by atoms with van der Waals surface area (Å²) in [5.41, 5.74) is 5.17. The van der Waals surface area contributed by atoms with Crippen LogP contribution < -0.4 is 5.73 Å². The van der Waals surface area contributed by atoms with E-state index in [1.165, 1.54) is 0 Å². The Bertz CT molecular complexity index is 167. The lowest BCUT2D eigenvalue weighted by molar-refractivity contribution is -0.144. The zero-order valence-electron chi connectivity index (χ0n) is 7.53. The van der Waals surface area contributed by atoms with Gasteiger partial charge in [0.2, 0.25) is 0 Å². The summed E-state index contributed by atoms with van der Waals surface area (Å²) >= 11 is 0. The largest absolute Gasteiger partial charge is 0.389 e. The van der Waals surface area contributed by atoms with Crippen LogP contribution in [-0.2, 0) is 4.79 Å². The Balaban J connectivity index is 3.74. The van der Waals surface area contributed by atoms with Gasteiger partial charge in [-0.25, -0.2) is 0 Å². The van der Waals surface area contributed by atoms with Crippen LogP contribution in [0, 0.1) is 5.92 Å². The molecule has 0 amide bonds. The van der Waals surface area contributed by atoms with Crippen LogP contribution in [0.15, 0.2) is 0 Å². The molecular formula is C8H14F3NO. The zero-order valence-corrected chi connectivity index (χ0v) is 7.53. The van der Waals surface area contributed by atoms with Gasteiger partial charge < -0.3 is 5.73 Å². The number of ketones is 1. The second-order valence-corrected chi connectivity index (χ2v) is 3.06. The number of carbonyl (C=O) groups is 1. The maximum Gasteiger partial charge on any atom is 0.389 e. The van der Waals surface area contributed by atoms with Gasteiger partial charge in [0.15, 0.2) is 0 Å². The summed E-state index contributed by atoms with van der Waals surface area (Å²) in [5, 5.41) is 0. The minimum Gasteiger partial charge on any atom is -0.330 e. The molecule has 5 heteroatoms. The average molecular weight is 197 g/mol. The molecule has 2 N–H and O–H groups in total. The smallest absolute Gasteiger partial charge is 0.330 e. The first-order valence-electron chi connectivity index (χ1n) is 4.16. The molecule has 0 bridgehead atoms. The van der Waals surface area contributed by atoms with Gasteiger partial charge in [0.25, 0.3) is 0 Å². The van der Waals surface area contributed by atoms with E-state index < -0.39 is 19.0 Å². The molecular weight excluding hydrogens is 183 g/mol. The van der Waals surface area contributed by atoms with Crippen molar-refractivity contribution in [2.45, 2.75) is 32.4 Å². The van der Waals surface area contributed by atoms with Crippen molar-refractivity contribution < 1.29 is 18.0 Å². The molecule has 1 atom stereocenters. The third kappa shape index (κ3) is 6.57. The number of hydrogen-bond donors (Lipinski definition) is 1. The van der Waals surface area contributed by atoms with Crippen LogP contribution in [0.3, 0.4) is 0 Å². The van der Waals surface area contributed by atoms with E-state index in [-0.39, 0.29) is 11.7 Å². The molecule has 0 spiro atoms. The van der Waals surface area contributed by atoms with Gasteiger partial charge in [0, 0.05) is 12.3 Å². The molecule has 0 rings (SSSR count). The van der Waals surface area contributed by atoms with Crippen molar-refractivity contribution in [2.75, 3.05) is 6.54 Å². The van der Waals surface area contributed by atoms with Crippen molar-refractivity contribution in [2.24, 2.45) is 11.7 Å². The highest BCUT2D eigenvalue weighted by molar-refractivity contribution is 5.80. The van der Waals surface area contributed by atoms with E-state index in [1.54, 1.807) is 6.92 Å². The van der Waals surface area contributed by atoms with Gasteiger partial charge in [-0.3, -0.25) is 4.79 Å². The van der Waals surface area contributed by atoms with Crippen LogP contribution >= 0.6 is 0 Å². The lowest BCUT2D eigenvalue weighted by Gasteiger charge is -2.09. The molecule has 0 aromatic carbocycles. The van der Waals surface area contributed by atoms with Gasteiger partial charge in [-0.05, 0) is 13.0 Å². The summed E-state index contributed by atoms with van der Waals surface area (Å²) in [5.74, 6) is -0.713. The summed E-state index contributed by atoms with van der Waals surface area (Å²) in [7, 11) is 0. The SMILES string of the molecule is CC(CCN)C(=O)CCC(F)(F)F. The minimum atomic E-state index is -4.24. The predicted octanol–water partition coefficient (Wildman–Crippen LogP) is 1.88. The molecule has 0 heterocycles. The molecule has 0 aliphatic carbocycles. The van der Waals surface area contributed by atoms with Crippen molar-refractivity contribution in [3.05, 3.63) is 0 Å². The van der Waals surface area contributed by atoms with Gasteiger partial charge in [0.05, 0.1) is 6.42 Å². The second kappa shape index (κ2) is 5.21. The Morgan fingerprint density at radius 1 is 1.46 bits per heavy atom. The number of alkyl halides is 3. The third-order valence-electron chi connectivity index (χ3n) is 1.80. The normalized spacial score (nSPS) is 14.2. The highest BCUT2D eigenvalue weighted by Gasteiger charge is 2.28. The zero-order chi connectivity index (χ0) is 10.5. The van der Waals surface area contributed by atoms with Gasteiger partial charge in [-0.1, -0.05) is 6.92 Å². The summed E-state index contributed by atoms with van der Waals surface area (Å²) in [6, 6.07) is 0. The van der Waals surface area contributed by atoms with Crippen molar-refractivity contribution >= 4 is 5.78 Å². The molecule has 0 aromatic rings. The Kier molecular flexibility index (Phi) is 4.98. The topological polar surface area (TPSA) is 43.1 Å². The average Bonchev–Trinajstić information content (AvgIpc) is 1.99. The van der Waals surface area contributed by atoms with Crippen molar-refractivity contribution in [3.63, 3.8) is 0 Å². The van der Waals surface area contributed by atoms with Crippen molar-refractivity contribution in [1.29, 1.82) is 0 Å². The van der Waals surface area contributed by atoms with E-state index in [0.29, 0.717) is 13.0 Å². The first-order valence-corrected chi connectivity index (χ1v) is 4.16. The fourth-order valence-corrected chi connectivity index (χ4v) is 0.922. The Labute approximate surface area is 75.3 Å². The van der Waals surface area contributed by atoms with Gasteiger partial charge >= 0.3 is 6.18 Å². The van der Waals surface area contributed by atoms with Crippen molar-refractivity contribution in [1.82, 2.24) is 0 Å². The molecule has 0 aliphatic heterocycles. The molecule has 0 fully saturated rings. The highest BCUT2D eigenvalue weighted by Crippen LogP contribution is 2.22. The fraction of sp³-hybridized carbons (Fsp3) is 0.875. The number of rotatable bonds is 5. The molecule has 0 saturated heterocycles. The molecule has 0 saturated carbocycles. The monoisotopic (exact) mass is 197 g/mol. The maximum absolute atomic E-state index is 11.7. The highest BCUT2D eigenvalue weighted by atomic mass is 19.4. The number of nitrogens with two attached hydrogens (primary N) is 1. The van der Waals surface area contributed by atoms with Crippen molar-refractivity contribution in [3.8, 4) is 0 Å². The summed E-state index contributed by atoms with van der Waals surface area (Å²) in [4.78, 5) is 11.0. The van der Waals surface area contributed by atoms with E-state index in [4.69, 9.17) is 5.73 Å². The van der Waals surface area contributed by atoms with E-state index in [9.17, 15) is 18.0 Å². The number of Topliss-reactive ketones (excluding diaryl/α,β-unsaturated/α-hetero) is 1. The Morgan fingerprint density at radius 3 is 2.38 bits per heavy atom. The Hall–Kier alpha value is -0.580. The molecule has 78 valence electrons. The van der Waals surface area contributed by atoms with Gasteiger partial charge in [-0.2, -0.15) is 13.2 Å². The first kappa shape index (κ1) is 12.4. The van der Waals surface area contributed by atoms with E-state index in [1.807, 2.05) is 0 Å². The van der Waals surface area contributed by atoms with Crippen LogP contribution in [0.25, 0.3) is 0 Å². The first-order chi connectivity index (χ1) is 5.87.